The van der Waals surface area contributed by atoms with Crippen molar-refractivity contribution in [2.75, 3.05) is 20.2 Å². The average Bonchev–Trinajstić information content (AvgIpc) is 2.85. The molecular weight excluding hydrogens is 252 g/mol. The number of nitrogens with zero attached hydrogens (tertiary/aromatic N) is 1. The van der Waals surface area contributed by atoms with Crippen LogP contribution >= 0.6 is 0 Å². The standard InChI is InChI=1S/C16H20N2O2/c1-18-8-10(9-19)6-16(20)12-3-2-4-13-15(12)11(7-17-13)5-14(16)18/h2-4,7,10,14,17,19-20H,5-6,8-9H2,1H3/t10-,14-,16-/m1/s1. The van der Waals surface area contributed by atoms with Gasteiger partial charge in [0.1, 0.15) is 5.60 Å². The number of likely N-dealkylation sites (tertiary alicyclic amines) is 1. The zero-order chi connectivity index (χ0) is 13.9. The molecule has 1 aromatic carbocycles. The van der Waals surface area contributed by atoms with E-state index in [9.17, 15) is 10.2 Å². The van der Waals surface area contributed by atoms with Crippen LogP contribution in [0.15, 0.2) is 24.4 Å². The lowest BCUT2D eigenvalue weighted by Gasteiger charge is -2.50. The minimum atomic E-state index is -0.852. The first-order valence-corrected chi connectivity index (χ1v) is 7.26. The summed E-state index contributed by atoms with van der Waals surface area (Å²) in [6.07, 6.45) is 3.57. The van der Waals surface area contributed by atoms with E-state index in [4.69, 9.17) is 0 Å². The molecule has 4 heteroatoms. The summed E-state index contributed by atoms with van der Waals surface area (Å²) in [6, 6.07) is 6.20. The maximum atomic E-state index is 11.4. The minimum Gasteiger partial charge on any atom is -0.396 e. The van der Waals surface area contributed by atoms with Crippen LogP contribution in [0.5, 0.6) is 0 Å². The van der Waals surface area contributed by atoms with Gasteiger partial charge in [0.2, 0.25) is 0 Å². The van der Waals surface area contributed by atoms with Gasteiger partial charge < -0.3 is 15.2 Å². The molecule has 0 radical (unpaired) electrons. The number of benzene rings is 1. The number of aliphatic hydroxyl groups excluding tert-OH is 1. The van der Waals surface area contributed by atoms with E-state index in [1.165, 1.54) is 10.9 Å². The van der Waals surface area contributed by atoms with Gasteiger partial charge in [-0.2, -0.15) is 0 Å². The first kappa shape index (κ1) is 12.4. The van der Waals surface area contributed by atoms with Crippen LogP contribution in [0.2, 0.25) is 0 Å². The zero-order valence-electron chi connectivity index (χ0n) is 11.6. The molecular formula is C16H20N2O2. The SMILES string of the molecule is CN1C[C@H](CO)C[C@@]2(O)c3cccc4[nH]cc(c34)C[C@@H]12. The Morgan fingerprint density at radius 2 is 2.30 bits per heavy atom. The van der Waals surface area contributed by atoms with Crippen LogP contribution in [0.3, 0.4) is 0 Å². The van der Waals surface area contributed by atoms with Crippen LogP contribution in [0.25, 0.3) is 10.9 Å². The van der Waals surface area contributed by atoms with Gasteiger partial charge in [0, 0.05) is 36.3 Å². The molecule has 0 spiro atoms. The third kappa shape index (κ3) is 1.47. The Labute approximate surface area is 118 Å². The van der Waals surface area contributed by atoms with E-state index in [0.717, 1.165) is 24.0 Å². The first-order valence-electron chi connectivity index (χ1n) is 7.26. The summed E-state index contributed by atoms with van der Waals surface area (Å²) in [4.78, 5) is 5.52. The predicted molar refractivity (Wildman–Crippen MR) is 77.5 cm³/mol. The molecule has 4 nitrogen and oxygen atoms in total. The third-order valence-corrected chi connectivity index (χ3v) is 5.15. The molecule has 0 unspecified atom stereocenters. The maximum Gasteiger partial charge on any atom is 0.106 e. The molecule has 1 aliphatic carbocycles. The van der Waals surface area contributed by atoms with Crippen LogP contribution < -0.4 is 0 Å². The Balaban J connectivity index is 1.93. The van der Waals surface area contributed by atoms with E-state index in [1.54, 1.807) is 0 Å². The van der Waals surface area contributed by atoms with Crippen molar-refractivity contribution in [2.24, 2.45) is 5.92 Å². The molecule has 3 N–H and O–H groups in total. The number of H-pyrrole nitrogens is 1. The number of aliphatic hydroxyl groups is 2. The monoisotopic (exact) mass is 272 g/mol. The van der Waals surface area contributed by atoms with Gasteiger partial charge in [-0.3, -0.25) is 4.90 Å². The molecule has 0 bridgehead atoms. The van der Waals surface area contributed by atoms with Crippen molar-refractivity contribution in [3.63, 3.8) is 0 Å². The van der Waals surface area contributed by atoms with E-state index >= 15 is 0 Å². The normalized spacial score (nSPS) is 33.4. The van der Waals surface area contributed by atoms with Crippen molar-refractivity contribution in [2.45, 2.75) is 24.5 Å². The molecule has 20 heavy (non-hydrogen) atoms. The molecule has 2 aliphatic rings. The number of piperidine rings is 1. The summed E-state index contributed by atoms with van der Waals surface area (Å²) in [7, 11) is 2.05. The van der Waals surface area contributed by atoms with Crippen LogP contribution in [0.1, 0.15) is 17.5 Å². The molecule has 1 saturated heterocycles. The summed E-state index contributed by atoms with van der Waals surface area (Å²) in [5.74, 6) is 0.136. The number of fused-ring (bicyclic) bond motifs is 2. The average molecular weight is 272 g/mol. The highest BCUT2D eigenvalue weighted by Gasteiger charge is 2.49. The van der Waals surface area contributed by atoms with Crippen molar-refractivity contribution in [3.05, 3.63) is 35.5 Å². The van der Waals surface area contributed by atoms with Gasteiger partial charge in [-0.15, -0.1) is 0 Å². The van der Waals surface area contributed by atoms with E-state index in [2.05, 4.69) is 29.2 Å². The van der Waals surface area contributed by atoms with Crippen molar-refractivity contribution in [1.82, 2.24) is 9.88 Å². The van der Waals surface area contributed by atoms with Crippen LogP contribution in [0.4, 0.5) is 0 Å². The van der Waals surface area contributed by atoms with E-state index in [0.29, 0.717) is 6.42 Å². The highest BCUT2D eigenvalue weighted by atomic mass is 16.3. The number of aromatic amines is 1. The molecule has 0 saturated carbocycles. The van der Waals surface area contributed by atoms with Crippen molar-refractivity contribution < 1.29 is 10.2 Å². The second kappa shape index (κ2) is 4.07. The van der Waals surface area contributed by atoms with Crippen LogP contribution in [-0.2, 0) is 12.0 Å². The van der Waals surface area contributed by atoms with Gasteiger partial charge >= 0.3 is 0 Å². The van der Waals surface area contributed by atoms with Crippen LogP contribution in [0, 0.1) is 5.92 Å². The summed E-state index contributed by atoms with van der Waals surface area (Å²) >= 11 is 0. The molecule has 106 valence electrons. The lowest BCUT2D eigenvalue weighted by atomic mass is 9.69. The van der Waals surface area contributed by atoms with E-state index in [-0.39, 0.29) is 18.6 Å². The van der Waals surface area contributed by atoms with Gasteiger partial charge in [0.15, 0.2) is 0 Å². The number of hydrogen-bond donors (Lipinski definition) is 3. The van der Waals surface area contributed by atoms with Crippen molar-refractivity contribution in [3.8, 4) is 0 Å². The maximum absolute atomic E-state index is 11.4. The zero-order valence-corrected chi connectivity index (χ0v) is 11.6. The van der Waals surface area contributed by atoms with Gasteiger partial charge in [-0.25, -0.2) is 0 Å². The van der Waals surface area contributed by atoms with Gasteiger partial charge in [-0.1, -0.05) is 12.1 Å². The van der Waals surface area contributed by atoms with Gasteiger partial charge in [-0.05, 0) is 43.0 Å². The summed E-state index contributed by atoms with van der Waals surface area (Å²) in [5.41, 5.74) is 2.56. The van der Waals surface area contributed by atoms with E-state index in [1.807, 2.05) is 12.1 Å². The Morgan fingerprint density at radius 1 is 1.45 bits per heavy atom. The molecule has 1 aliphatic heterocycles. The Hall–Kier alpha value is -1.36. The molecule has 0 amide bonds. The molecule has 2 aromatic rings. The highest BCUT2D eigenvalue weighted by Crippen LogP contribution is 2.46. The second-order valence-corrected chi connectivity index (χ2v) is 6.38. The molecule has 2 heterocycles. The lowest BCUT2D eigenvalue weighted by Crippen LogP contribution is -2.58. The largest absolute Gasteiger partial charge is 0.396 e. The smallest absolute Gasteiger partial charge is 0.106 e. The number of rotatable bonds is 1. The fourth-order valence-corrected chi connectivity index (χ4v) is 4.26. The Bertz CT molecular complexity index is 666. The van der Waals surface area contributed by atoms with Crippen molar-refractivity contribution >= 4 is 10.9 Å². The fourth-order valence-electron chi connectivity index (χ4n) is 4.26. The topological polar surface area (TPSA) is 59.5 Å². The summed E-state index contributed by atoms with van der Waals surface area (Å²) in [5, 5.41) is 22.1. The fraction of sp³-hybridized carbons (Fsp3) is 0.500. The summed E-state index contributed by atoms with van der Waals surface area (Å²) < 4.78 is 0. The lowest BCUT2D eigenvalue weighted by molar-refractivity contribution is -0.106. The molecule has 1 fully saturated rings. The first-order chi connectivity index (χ1) is 9.63. The Morgan fingerprint density at radius 3 is 3.10 bits per heavy atom. The van der Waals surface area contributed by atoms with Gasteiger partial charge in [0.05, 0.1) is 0 Å². The molecule has 3 atom stereocenters. The van der Waals surface area contributed by atoms with E-state index < -0.39 is 5.60 Å². The summed E-state index contributed by atoms with van der Waals surface area (Å²) in [6.45, 7) is 0.981. The third-order valence-electron chi connectivity index (χ3n) is 5.15. The number of aromatic nitrogens is 1. The number of hydrogen-bond acceptors (Lipinski definition) is 3. The predicted octanol–water partition coefficient (Wildman–Crippen LogP) is 1.22. The highest BCUT2D eigenvalue weighted by molar-refractivity contribution is 5.88. The van der Waals surface area contributed by atoms with Crippen LogP contribution in [-0.4, -0.2) is 46.3 Å². The molecule has 4 rings (SSSR count). The second-order valence-electron chi connectivity index (χ2n) is 6.38. The number of nitrogens with one attached hydrogen (secondary N) is 1. The molecule has 1 aromatic heterocycles. The minimum absolute atomic E-state index is 0.0965. The Kier molecular flexibility index (Phi) is 2.52. The van der Waals surface area contributed by atoms with Crippen molar-refractivity contribution in [1.29, 1.82) is 0 Å². The van der Waals surface area contributed by atoms with Gasteiger partial charge in [0.25, 0.3) is 0 Å². The number of likely N-dealkylation sites (N-methyl/N-ethyl adjacent to an activating group) is 1. The quantitative estimate of drug-likeness (QED) is 0.731.